The molecule has 0 amide bonds. The van der Waals surface area contributed by atoms with Crippen LogP contribution in [0.25, 0.3) is 0 Å². The fourth-order valence-corrected chi connectivity index (χ4v) is 0. The number of hydrogen-bond acceptors (Lipinski definition) is 2. The van der Waals surface area contributed by atoms with Gasteiger partial charge in [0.05, 0.1) is 0 Å². The summed E-state index contributed by atoms with van der Waals surface area (Å²) in [5.41, 5.74) is 0. The summed E-state index contributed by atoms with van der Waals surface area (Å²) in [6, 6.07) is 0. The predicted octanol–water partition coefficient (Wildman–Crippen LogP) is 0.932. The van der Waals surface area contributed by atoms with Crippen LogP contribution in [0, 0.1) is 11.5 Å². The van der Waals surface area contributed by atoms with Crippen molar-refractivity contribution in [2.45, 2.75) is 6.92 Å². The molecule has 0 unspecified atom stereocenters. The minimum atomic E-state index is 0. The van der Waals surface area contributed by atoms with Crippen molar-refractivity contribution in [1.29, 1.82) is 0 Å². The van der Waals surface area contributed by atoms with Gasteiger partial charge < -0.3 is 0 Å². The molecule has 0 rings (SSSR count). The smallest absolute Gasteiger partial charge is 0.240 e. The zero-order chi connectivity index (χ0) is 3.41. The van der Waals surface area contributed by atoms with Gasteiger partial charge in [0.15, 0.2) is 0 Å². The van der Waals surface area contributed by atoms with Crippen LogP contribution in [0.5, 0.6) is 0 Å². The third-order valence-corrected chi connectivity index (χ3v) is 0.105. The largest absolute Gasteiger partial charge is 1.00 e. The molecule has 0 saturated carbocycles. The summed E-state index contributed by atoms with van der Waals surface area (Å²) in [6.07, 6.45) is 0. The predicted molar refractivity (Wildman–Crippen MR) is 15.8 cm³/mol. The number of nitroso groups, excluding NO2 is 1. The Morgan fingerprint density at radius 2 is 2.00 bits per heavy atom. The molecule has 0 N–H and O–H groups in total. The van der Waals surface area contributed by atoms with E-state index in [9.17, 15) is 0 Å². The fraction of sp³-hybridized carbons (Fsp3) is 0.500. The molecule has 0 saturated heterocycles. The first-order valence-corrected chi connectivity index (χ1v) is 1.02. The molecular weight excluding hydrogens is 118 g/mol. The van der Waals surface area contributed by atoms with Gasteiger partial charge in [-0.25, -0.2) is 11.7 Å². The Balaban J connectivity index is 0. The quantitative estimate of drug-likeness (QED) is 0.288. The molecule has 34 valence electrons. The van der Waals surface area contributed by atoms with Crippen LogP contribution >= 0.6 is 0 Å². The zero-order valence-corrected chi connectivity index (χ0v) is 3.68. The number of rotatable bonds is 1. The summed E-state index contributed by atoms with van der Waals surface area (Å²) in [6.45, 7) is 2.77. The second kappa shape index (κ2) is 9.01. The fourth-order valence-electron chi connectivity index (χ4n) is 0. The monoisotopic (exact) mass is 121 g/mol. The van der Waals surface area contributed by atoms with Crippen molar-refractivity contribution in [2.75, 3.05) is 0 Å². The van der Waals surface area contributed by atoms with E-state index in [0.717, 1.165) is 0 Å². The Kier molecular flexibility index (Phi) is 16.0. The van der Waals surface area contributed by atoms with E-state index in [1.54, 1.807) is 6.92 Å². The van der Waals surface area contributed by atoms with Crippen LogP contribution in [-0.4, -0.2) is 0 Å². The third-order valence-electron chi connectivity index (χ3n) is 0.105. The van der Waals surface area contributed by atoms with Gasteiger partial charge in [-0.15, -0.1) is 0 Å². The molecule has 0 aromatic heterocycles. The zero-order valence-electron chi connectivity index (χ0n) is 2.73. The van der Waals surface area contributed by atoms with Gasteiger partial charge in [-0.3, -0.25) is 0 Å². The summed E-state index contributed by atoms with van der Waals surface area (Å²) in [5, 5.41) is 2.36. The molecule has 0 heterocycles. The molecule has 0 atom stereocenters. The van der Waals surface area contributed by atoms with Crippen molar-refractivity contribution in [3.63, 3.8) is 0 Å². The normalized spacial score (nSPS) is 4.20. The average Bonchev–Trinajstić information content (AvgIpc) is 1.37. The molecule has 0 aliphatic heterocycles. The Morgan fingerprint density at radius 1 is 1.80 bits per heavy atom. The number of hydrogen-bond donors (Lipinski definition) is 0. The first kappa shape index (κ1) is 8.89. The van der Waals surface area contributed by atoms with Crippen LogP contribution < -0.4 is 0 Å². The molecule has 0 fully saturated rings. The van der Waals surface area contributed by atoms with E-state index in [1.165, 1.54) is 6.54 Å². The molecule has 0 bridgehead atoms. The molecule has 3 heteroatoms. The maximum absolute atomic E-state index is 8.87. The van der Waals surface area contributed by atoms with Crippen LogP contribution in [0.2, 0.25) is 0 Å². The van der Waals surface area contributed by atoms with Crippen LogP contribution in [0.3, 0.4) is 0 Å². The average molecular weight is 122 g/mol. The number of nitrogens with zero attached hydrogens (tertiary/aromatic N) is 1. The van der Waals surface area contributed by atoms with Crippen molar-refractivity contribution >= 4 is 0 Å². The summed E-state index contributed by atoms with van der Waals surface area (Å²) >= 11 is 0. The van der Waals surface area contributed by atoms with Gasteiger partial charge in [0, 0.05) is 0 Å². The molecule has 0 radical (unpaired) electrons. The molecular formula is C2H4CuNO. The maximum Gasteiger partial charge on any atom is 1.00 e. The van der Waals surface area contributed by atoms with E-state index in [0.29, 0.717) is 0 Å². The molecule has 0 aromatic rings. The van der Waals surface area contributed by atoms with Crippen molar-refractivity contribution < 1.29 is 17.1 Å². The SMILES string of the molecule is C[CH-]N=O.[Cu+]. The van der Waals surface area contributed by atoms with Crippen molar-refractivity contribution in [3.8, 4) is 0 Å². The molecule has 5 heavy (non-hydrogen) atoms. The minimum absolute atomic E-state index is 0. The topological polar surface area (TPSA) is 29.4 Å². The van der Waals surface area contributed by atoms with Gasteiger partial charge in [-0.1, -0.05) is 0 Å². The van der Waals surface area contributed by atoms with Gasteiger partial charge >= 0.3 is 17.1 Å². The van der Waals surface area contributed by atoms with Crippen molar-refractivity contribution in [3.05, 3.63) is 11.5 Å². The molecule has 2 nitrogen and oxygen atoms in total. The van der Waals surface area contributed by atoms with Gasteiger partial charge in [0.25, 0.3) is 0 Å². The van der Waals surface area contributed by atoms with E-state index < -0.39 is 0 Å². The van der Waals surface area contributed by atoms with Crippen LogP contribution in [0.1, 0.15) is 6.92 Å². The summed E-state index contributed by atoms with van der Waals surface area (Å²) in [5.74, 6) is 0. The Labute approximate surface area is 41.4 Å². The molecule has 0 spiro atoms. The van der Waals surface area contributed by atoms with Gasteiger partial charge in [0.2, 0.25) is 0 Å². The Morgan fingerprint density at radius 3 is 2.00 bits per heavy atom. The summed E-state index contributed by atoms with van der Waals surface area (Å²) in [4.78, 5) is 8.87. The van der Waals surface area contributed by atoms with E-state index in [2.05, 4.69) is 5.18 Å². The van der Waals surface area contributed by atoms with Crippen LogP contribution in [0.15, 0.2) is 5.18 Å². The molecule has 0 aromatic carbocycles. The summed E-state index contributed by atoms with van der Waals surface area (Å²) in [7, 11) is 0. The van der Waals surface area contributed by atoms with Crippen molar-refractivity contribution in [1.82, 2.24) is 0 Å². The maximum atomic E-state index is 8.87. The Hall–Kier alpha value is -0.0105. The summed E-state index contributed by atoms with van der Waals surface area (Å²) < 4.78 is 0. The standard InChI is InChI=1S/C2H4NO.Cu/c1-2-3-4;/h2H,1H3;/q-1;+1. The van der Waals surface area contributed by atoms with Gasteiger partial charge in [-0.05, 0) is 0 Å². The van der Waals surface area contributed by atoms with Crippen LogP contribution in [-0.2, 0) is 17.1 Å². The van der Waals surface area contributed by atoms with Crippen molar-refractivity contribution in [2.24, 2.45) is 5.18 Å². The van der Waals surface area contributed by atoms with E-state index in [4.69, 9.17) is 4.91 Å². The van der Waals surface area contributed by atoms with Gasteiger partial charge in [-0.2, -0.15) is 11.8 Å². The van der Waals surface area contributed by atoms with Crippen LogP contribution in [0.4, 0.5) is 0 Å². The molecule has 0 aliphatic rings. The van der Waals surface area contributed by atoms with E-state index in [-0.39, 0.29) is 17.1 Å². The first-order valence-electron chi connectivity index (χ1n) is 1.02. The van der Waals surface area contributed by atoms with Gasteiger partial charge in [0.1, 0.15) is 0 Å². The second-order valence-electron chi connectivity index (χ2n) is 0.364. The first-order chi connectivity index (χ1) is 1.91. The minimum Gasteiger partial charge on any atom is -0.240 e. The Bertz CT molecular complexity index is 23.6. The third kappa shape index (κ3) is 16.1. The van der Waals surface area contributed by atoms with E-state index >= 15 is 0 Å². The van der Waals surface area contributed by atoms with E-state index in [1.807, 2.05) is 0 Å². The molecule has 0 aliphatic carbocycles. The second-order valence-corrected chi connectivity index (χ2v) is 0.364.